The second kappa shape index (κ2) is 16.1. The van der Waals surface area contributed by atoms with Crippen LogP contribution in [0.25, 0.3) is 0 Å². The SMILES string of the molecule is COC(=O)C(C)c1ccc(OC(CCC2=CCCCC2)C(=O)O)c(C)c1.O=C/C=C/C1=CCC=CC=C1. The number of carbonyl (C=O) groups excluding carboxylic acids is 2. The Labute approximate surface area is 220 Å². The van der Waals surface area contributed by atoms with Crippen LogP contribution < -0.4 is 4.74 Å². The highest BCUT2D eigenvalue weighted by Gasteiger charge is 2.22. The van der Waals surface area contributed by atoms with Crippen LogP contribution in [0.1, 0.15) is 68.9 Å². The van der Waals surface area contributed by atoms with Gasteiger partial charge in [0.05, 0.1) is 13.0 Å². The van der Waals surface area contributed by atoms with Crippen LogP contribution in [-0.4, -0.2) is 36.5 Å². The van der Waals surface area contributed by atoms with Gasteiger partial charge in [-0.15, -0.1) is 0 Å². The lowest BCUT2D eigenvalue weighted by Gasteiger charge is -2.19. The Morgan fingerprint density at radius 2 is 1.97 bits per heavy atom. The highest BCUT2D eigenvalue weighted by molar-refractivity contribution is 5.77. The van der Waals surface area contributed by atoms with Crippen molar-refractivity contribution in [2.24, 2.45) is 0 Å². The van der Waals surface area contributed by atoms with Gasteiger partial charge in [0, 0.05) is 0 Å². The Bertz CT molecular complexity index is 1070. The van der Waals surface area contributed by atoms with E-state index in [9.17, 15) is 19.5 Å². The first-order chi connectivity index (χ1) is 17.8. The van der Waals surface area contributed by atoms with Crippen molar-refractivity contribution < 1.29 is 29.0 Å². The molecule has 37 heavy (non-hydrogen) atoms. The Morgan fingerprint density at radius 3 is 2.62 bits per heavy atom. The highest BCUT2D eigenvalue weighted by Crippen LogP contribution is 2.27. The van der Waals surface area contributed by atoms with Crippen molar-refractivity contribution in [1.82, 2.24) is 0 Å². The molecule has 0 fully saturated rings. The van der Waals surface area contributed by atoms with Gasteiger partial charge in [0.1, 0.15) is 12.0 Å². The molecule has 2 aliphatic rings. The number of rotatable bonds is 10. The molecule has 1 N–H and O–H groups in total. The summed E-state index contributed by atoms with van der Waals surface area (Å²) in [6.45, 7) is 3.63. The fourth-order valence-electron chi connectivity index (χ4n) is 4.09. The first-order valence-electron chi connectivity index (χ1n) is 12.8. The molecule has 2 unspecified atom stereocenters. The van der Waals surface area contributed by atoms with Gasteiger partial charge >= 0.3 is 11.9 Å². The Kier molecular flexibility index (Phi) is 12.9. The lowest BCUT2D eigenvalue weighted by molar-refractivity contribution is -0.145. The van der Waals surface area contributed by atoms with Gasteiger partial charge in [-0.1, -0.05) is 60.2 Å². The quantitative estimate of drug-likeness (QED) is 0.167. The van der Waals surface area contributed by atoms with E-state index in [4.69, 9.17) is 9.47 Å². The number of benzene rings is 1. The summed E-state index contributed by atoms with van der Waals surface area (Å²) in [7, 11) is 1.36. The number of hydrogen-bond donors (Lipinski definition) is 1. The first kappa shape index (κ1) is 29.6. The predicted molar refractivity (Wildman–Crippen MR) is 146 cm³/mol. The second-order valence-corrected chi connectivity index (χ2v) is 9.08. The van der Waals surface area contributed by atoms with E-state index in [1.807, 2.05) is 31.2 Å². The highest BCUT2D eigenvalue weighted by atomic mass is 16.5. The van der Waals surface area contributed by atoms with E-state index in [1.54, 1.807) is 25.1 Å². The minimum Gasteiger partial charge on any atom is -0.479 e. The third-order valence-corrected chi connectivity index (χ3v) is 6.30. The number of aldehydes is 1. The number of methoxy groups -OCH3 is 1. The average Bonchev–Trinajstić information content (AvgIpc) is 3.19. The van der Waals surface area contributed by atoms with Crippen molar-refractivity contribution in [2.75, 3.05) is 7.11 Å². The van der Waals surface area contributed by atoms with Gasteiger partial charge in [-0.25, -0.2) is 4.79 Å². The third kappa shape index (κ3) is 10.5. The number of ether oxygens (including phenoxy) is 2. The monoisotopic (exact) mass is 506 g/mol. The van der Waals surface area contributed by atoms with Crippen molar-refractivity contribution in [3.63, 3.8) is 0 Å². The van der Waals surface area contributed by atoms with Crippen LogP contribution in [-0.2, 0) is 19.1 Å². The van der Waals surface area contributed by atoms with Gasteiger partial charge in [-0.2, -0.15) is 0 Å². The Hall–Kier alpha value is -3.67. The van der Waals surface area contributed by atoms with E-state index in [-0.39, 0.29) is 11.9 Å². The Balaban J connectivity index is 0.000000364. The molecule has 0 radical (unpaired) electrons. The van der Waals surface area contributed by atoms with E-state index in [0.29, 0.717) is 12.2 Å². The maximum atomic E-state index is 11.7. The molecule has 2 aliphatic carbocycles. The zero-order valence-electron chi connectivity index (χ0n) is 22.0. The van der Waals surface area contributed by atoms with Crippen molar-refractivity contribution >= 4 is 18.2 Å². The normalized spacial score (nSPS) is 16.4. The molecule has 0 spiro atoms. The van der Waals surface area contributed by atoms with Crippen LogP contribution in [0.4, 0.5) is 0 Å². The summed E-state index contributed by atoms with van der Waals surface area (Å²) in [6.07, 6.45) is 22.2. The number of carboxylic acids is 1. The lowest BCUT2D eigenvalue weighted by Crippen LogP contribution is -2.27. The summed E-state index contributed by atoms with van der Waals surface area (Å²) in [6, 6.07) is 5.37. The fraction of sp³-hybridized carbons (Fsp3) is 0.387. The van der Waals surface area contributed by atoms with Crippen molar-refractivity contribution in [2.45, 2.75) is 70.8 Å². The molecule has 0 saturated heterocycles. The number of carboxylic acid groups (broad SMARTS) is 1. The average molecular weight is 507 g/mol. The molecule has 6 heteroatoms. The molecule has 0 saturated carbocycles. The minimum absolute atomic E-state index is 0.303. The summed E-state index contributed by atoms with van der Waals surface area (Å²) in [5.41, 5.74) is 4.05. The van der Waals surface area contributed by atoms with Crippen molar-refractivity contribution in [3.05, 3.63) is 89.1 Å². The molecule has 1 aromatic carbocycles. The Morgan fingerprint density at radius 1 is 1.16 bits per heavy atom. The third-order valence-electron chi connectivity index (χ3n) is 6.30. The lowest BCUT2D eigenvalue weighted by atomic mass is 9.95. The van der Waals surface area contributed by atoms with E-state index in [2.05, 4.69) is 18.2 Å². The van der Waals surface area contributed by atoms with E-state index in [0.717, 1.165) is 48.7 Å². The zero-order chi connectivity index (χ0) is 27.0. The van der Waals surface area contributed by atoms with E-state index in [1.165, 1.54) is 31.6 Å². The molecule has 198 valence electrons. The number of allylic oxidation sites excluding steroid dienone is 10. The van der Waals surface area contributed by atoms with Crippen molar-refractivity contribution in [3.8, 4) is 5.75 Å². The minimum atomic E-state index is -0.951. The van der Waals surface area contributed by atoms with Crippen molar-refractivity contribution in [1.29, 1.82) is 0 Å². The topological polar surface area (TPSA) is 89.9 Å². The molecule has 2 atom stereocenters. The van der Waals surface area contributed by atoms with Gasteiger partial charge in [-0.3, -0.25) is 9.59 Å². The van der Waals surface area contributed by atoms with Crippen LogP contribution >= 0.6 is 0 Å². The maximum absolute atomic E-state index is 11.7. The van der Waals surface area contributed by atoms with Gasteiger partial charge < -0.3 is 14.6 Å². The summed E-state index contributed by atoms with van der Waals surface area (Å²) in [4.78, 5) is 33.2. The van der Waals surface area contributed by atoms with E-state index >= 15 is 0 Å². The summed E-state index contributed by atoms with van der Waals surface area (Å²) >= 11 is 0. The molecule has 0 heterocycles. The molecule has 1 aromatic rings. The van der Waals surface area contributed by atoms with Gasteiger partial charge in [0.25, 0.3) is 0 Å². The number of hydrogen-bond acceptors (Lipinski definition) is 5. The second-order valence-electron chi connectivity index (χ2n) is 9.08. The summed E-state index contributed by atoms with van der Waals surface area (Å²) in [5.74, 6) is -1.09. The molecule has 0 aromatic heterocycles. The van der Waals surface area contributed by atoms with Crippen LogP contribution in [0.15, 0.2) is 78.0 Å². The predicted octanol–water partition coefficient (Wildman–Crippen LogP) is 6.57. The number of carbonyl (C=O) groups is 3. The molecule has 0 aliphatic heterocycles. The number of aliphatic carboxylic acids is 1. The van der Waals surface area contributed by atoms with Gasteiger partial charge in [-0.05, 0) is 87.6 Å². The largest absolute Gasteiger partial charge is 0.479 e. The fourth-order valence-corrected chi connectivity index (χ4v) is 4.09. The van der Waals surface area contributed by atoms with E-state index < -0.39 is 12.1 Å². The molecule has 0 bridgehead atoms. The van der Waals surface area contributed by atoms with Crippen LogP contribution in [0.5, 0.6) is 5.75 Å². The van der Waals surface area contributed by atoms with Gasteiger partial charge in [0.2, 0.25) is 0 Å². The van der Waals surface area contributed by atoms with Crippen LogP contribution in [0.2, 0.25) is 0 Å². The van der Waals surface area contributed by atoms with Crippen LogP contribution in [0.3, 0.4) is 0 Å². The summed E-state index contributed by atoms with van der Waals surface area (Å²) in [5, 5.41) is 9.50. The molecule has 0 amide bonds. The molecule has 3 rings (SSSR count). The number of aryl methyl sites for hydroxylation is 1. The smallest absolute Gasteiger partial charge is 0.344 e. The molecular weight excluding hydrogens is 468 g/mol. The first-order valence-corrected chi connectivity index (χ1v) is 12.8. The molecule has 6 nitrogen and oxygen atoms in total. The summed E-state index contributed by atoms with van der Waals surface area (Å²) < 4.78 is 10.5. The standard InChI is InChI=1S/C21H28O5.C10H10O/c1-14-13-17(15(2)21(24)25-3)10-12-18(14)26-19(20(22)23)11-9-16-7-5-4-6-8-16;11-9-5-8-10-6-3-1-2-4-7-10/h7,10,12-13,15,19H,4-6,8-9,11H2,1-3H3,(H,22,23);1-3,5-9H,4H2/b;8-5+. The van der Waals surface area contributed by atoms with Crippen LogP contribution in [0, 0.1) is 6.92 Å². The maximum Gasteiger partial charge on any atom is 0.344 e. The molecular formula is C31H38O6. The zero-order valence-corrected chi connectivity index (χ0v) is 22.0. The van der Waals surface area contributed by atoms with Gasteiger partial charge in [0.15, 0.2) is 6.10 Å². The number of esters is 1.